The first-order valence-corrected chi connectivity index (χ1v) is 11.4. The summed E-state index contributed by atoms with van der Waals surface area (Å²) in [4.78, 5) is 33.2. The fourth-order valence-corrected chi connectivity index (χ4v) is 4.13. The average molecular weight is 509 g/mol. The zero-order valence-electron chi connectivity index (χ0n) is 20.2. The van der Waals surface area contributed by atoms with Gasteiger partial charge in [-0.15, -0.1) is 0 Å². The quantitative estimate of drug-likeness (QED) is 0.335. The van der Waals surface area contributed by atoms with Crippen molar-refractivity contribution in [2.24, 2.45) is 0 Å². The highest BCUT2D eigenvalue weighted by atomic mass is 35.5. The number of aromatic nitrogens is 3. The molecule has 0 aliphatic carbocycles. The molecule has 1 aromatic carbocycles. The second-order valence-electron chi connectivity index (χ2n) is 9.01. The number of ether oxygens (including phenoxy) is 2. The maximum atomic E-state index is 12.6. The van der Waals surface area contributed by atoms with E-state index in [9.17, 15) is 14.7 Å². The first kappa shape index (κ1) is 25.0. The molecule has 9 nitrogen and oxygen atoms in total. The Morgan fingerprint density at radius 2 is 1.89 bits per heavy atom. The Balaban J connectivity index is 1.83. The van der Waals surface area contributed by atoms with Crippen molar-refractivity contribution >= 4 is 40.4 Å². The highest BCUT2D eigenvalue weighted by Crippen LogP contribution is 2.40. The summed E-state index contributed by atoms with van der Waals surface area (Å²) in [6.07, 6.45) is 2.48. The van der Waals surface area contributed by atoms with E-state index in [0.717, 1.165) is 5.56 Å². The minimum absolute atomic E-state index is 0.0528. The number of benzene rings is 1. The molecule has 0 spiro atoms. The predicted octanol–water partition coefficient (Wildman–Crippen LogP) is 5.85. The number of carbonyl (C=O) groups is 2. The number of aromatic carboxylic acids is 1. The zero-order valence-corrected chi connectivity index (χ0v) is 21.0. The number of nitrogens with zero attached hydrogens (tertiary/aromatic N) is 3. The lowest BCUT2D eigenvalue weighted by Gasteiger charge is -2.19. The number of rotatable bonds is 6. The number of halogens is 1. The van der Waals surface area contributed by atoms with Gasteiger partial charge in [-0.05, 0) is 68.8 Å². The smallest absolute Gasteiger partial charge is 0.413 e. The Kier molecular flexibility index (Phi) is 6.85. The third-order valence-electron chi connectivity index (χ3n) is 5.26. The number of anilines is 1. The molecule has 4 aromatic rings. The van der Waals surface area contributed by atoms with Crippen LogP contribution in [0.3, 0.4) is 0 Å². The topological polar surface area (TPSA) is 116 Å². The summed E-state index contributed by atoms with van der Waals surface area (Å²) >= 11 is 6.30. The van der Waals surface area contributed by atoms with E-state index in [2.05, 4.69) is 15.3 Å². The molecule has 1 amide bonds. The van der Waals surface area contributed by atoms with Crippen molar-refractivity contribution in [2.75, 3.05) is 12.4 Å². The van der Waals surface area contributed by atoms with E-state index in [0.29, 0.717) is 32.9 Å². The standard InChI is InChI=1S/C26H25ClN4O5/c1-26(2,3)36-25(34)30-20-12-15(9-11-28-20)14-31-19-8-7-16(27)13-18(19)21(22(31)24(32)33)17-6-5-10-29-23(17)35-4/h5-13H,14H2,1-4H3,(H,32,33)(H,28,30,34). The molecule has 0 atom stereocenters. The molecule has 186 valence electrons. The van der Waals surface area contributed by atoms with Crippen molar-refractivity contribution in [1.82, 2.24) is 14.5 Å². The number of pyridine rings is 2. The van der Waals surface area contributed by atoms with E-state index in [1.54, 1.807) is 74.0 Å². The van der Waals surface area contributed by atoms with E-state index in [-0.39, 0.29) is 18.1 Å². The number of fused-ring (bicyclic) bond motifs is 1. The lowest BCUT2D eigenvalue weighted by Crippen LogP contribution is -2.27. The van der Waals surface area contributed by atoms with Crippen LogP contribution in [0.5, 0.6) is 5.88 Å². The second-order valence-corrected chi connectivity index (χ2v) is 9.45. The van der Waals surface area contributed by atoms with Crippen LogP contribution < -0.4 is 10.1 Å². The summed E-state index contributed by atoms with van der Waals surface area (Å²) in [5.41, 5.74) is 1.76. The molecule has 3 heterocycles. The van der Waals surface area contributed by atoms with Crippen molar-refractivity contribution in [1.29, 1.82) is 0 Å². The summed E-state index contributed by atoms with van der Waals surface area (Å²) in [5.74, 6) is -0.538. The van der Waals surface area contributed by atoms with Gasteiger partial charge in [-0.25, -0.2) is 19.6 Å². The predicted molar refractivity (Wildman–Crippen MR) is 137 cm³/mol. The van der Waals surface area contributed by atoms with Gasteiger partial charge < -0.3 is 19.1 Å². The first-order chi connectivity index (χ1) is 17.1. The molecule has 0 saturated heterocycles. The number of nitrogens with one attached hydrogen (secondary N) is 1. The highest BCUT2D eigenvalue weighted by Gasteiger charge is 2.26. The van der Waals surface area contributed by atoms with Gasteiger partial charge in [-0.1, -0.05) is 11.6 Å². The molecule has 0 saturated carbocycles. The zero-order chi connectivity index (χ0) is 26.0. The van der Waals surface area contributed by atoms with E-state index < -0.39 is 17.7 Å². The van der Waals surface area contributed by atoms with Gasteiger partial charge in [-0.3, -0.25) is 5.32 Å². The number of carboxylic acids is 1. The molecule has 0 fully saturated rings. The molecule has 0 unspecified atom stereocenters. The fraction of sp³-hybridized carbons (Fsp3) is 0.231. The fourth-order valence-electron chi connectivity index (χ4n) is 3.96. The largest absolute Gasteiger partial charge is 0.481 e. The molecule has 3 aromatic heterocycles. The van der Waals surface area contributed by atoms with Gasteiger partial charge in [0.25, 0.3) is 0 Å². The van der Waals surface area contributed by atoms with Crippen LogP contribution in [0.4, 0.5) is 10.6 Å². The van der Waals surface area contributed by atoms with Crippen molar-refractivity contribution in [3.05, 3.63) is 71.1 Å². The van der Waals surface area contributed by atoms with Gasteiger partial charge in [-0.2, -0.15) is 0 Å². The Morgan fingerprint density at radius 1 is 1.11 bits per heavy atom. The van der Waals surface area contributed by atoms with Crippen molar-refractivity contribution in [2.45, 2.75) is 32.9 Å². The van der Waals surface area contributed by atoms with Crippen molar-refractivity contribution in [3.63, 3.8) is 0 Å². The minimum atomic E-state index is -1.12. The van der Waals surface area contributed by atoms with Gasteiger partial charge in [0.15, 0.2) is 0 Å². The molecule has 0 aliphatic rings. The van der Waals surface area contributed by atoms with Crippen LogP contribution in [-0.4, -0.2) is 44.4 Å². The molecule has 4 rings (SSSR count). The van der Waals surface area contributed by atoms with E-state index in [1.165, 1.54) is 13.3 Å². The normalized spacial score (nSPS) is 11.4. The van der Waals surface area contributed by atoms with Crippen molar-refractivity contribution in [3.8, 4) is 17.0 Å². The number of carboxylic acid groups (broad SMARTS) is 1. The summed E-state index contributed by atoms with van der Waals surface area (Å²) in [5, 5.41) is 14.0. The molecule has 10 heteroatoms. The number of amides is 1. The molecule has 0 radical (unpaired) electrons. The summed E-state index contributed by atoms with van der Waals surface area (Å²) in [6, 6.07) is 12.1. The first-order valence-electron chi connectivity index (χ1n) is 11.1. The average Bonchev–Trinajstić information content (AvgIpc) is 3.11. The van der Waals surface area contributed by atoms with Gasteiger partial charge >= 0.3 is 12.1 Å². The van der Waals surface area contributed by atoms with Crippen LogP contribution in [0, 0.1) is 0 Å². The number of hydrogen-bond acceptors (Lipinski definition) is 6. The minimum Gasteiger partial charge on any atom is -0.481 e. The molecular formula is C26H25ClN4O5. The van der Waals surface area contributed by atoms with Crippen LogP contribution in [0.2, 0.25) is 5.02 Å². The van der Waals surface area contributed by atoms with Gasteiger partial charge in [0.2, 0.25) is 5.88 Å². The molecule has 36 heavy (non-hydrogen) atoms. The Bertz CT molecular complexity index is 1460. The second kappa shape index (κ2) is 9.87. The van der Waals surface area contributed by atoms with Crippen LogP contribution >= 0.6 is 11.6 Å². The third kappa shape index (κ3) is 5.26. The van der Waals surface area contributed by atoms with E-state index in [1.807, 2.05) is 0 Å². The number of hydrogen-bond donors (Lipinski definition) is 2. The van der Waals surface area contributed by atoms with Crippen LogP contribution in [0.1, 0.15) is 36.8 Å². The van der Waals surface area contributed by atoms with Gasteiger partial charge in [0.05, 0.1) is 7.11 Å². The monoisotopic (exact) mass is 508 g/mol. The molecule has 0 bridgehead atoms. The summed E-state index contributed by atoms with van der Waals surface area (Å²) in [6.45, 7) is 5.49. The summed E-state index contributed by atoms with van der Waals surface area (Å²) < 4.78 is 12.4. The van der Waals surface area contributed by atoms with Crippen LogP contribution in [0.15, 0.2) is 54.9 Å². The number of carbonyl (C=O) groups excluding carboxylic acids is 1. The maximum Gasteiger partial charge on any atom is 0.413 e. The van der Waals surface area contributed by atoms with Gasteiger partial charge in [0.1, 0.15) is 17.1 Å². The maximum absolute atomic E-state index is 12.6. The highest BCUT2D eigenvalue weighted by molar-refractivity contribution is 6.31. The van der Waals surface area contributed by atoms with Gasteiger partial charge in [0, 0.05) is 46.0 Å². The Labute approximate surface area is 212 Å². The summed E-state index contributed by atoms with van der Waals surface area (Å²) in [7, 11) is 1.48. The Hall–Kier alpha value is -4.11. The van der Waals surface area contributed by atoms with E-state index in [4.69, 9.17) is 21.1 Å². The third-order valence-corrected chi connectivity index (χ3v) is 5.49. The van der Waals surface area contributed by atoms with Crippen molar-refractivity contribution < 1.29 is 24.2 Å². The molecule has 0 aliphatic heterocycles. The SMILES string of the molecule is COc1ncccc1-c1c(C(=O)O)n(Cc2ccnc(NC(=O)OC(C)(C)C)c2)c2ccc(Cl)cc12. The molecular weight excluding hydrogens is 484 g/mol. The van der Waals surface area contributed by atoms with Crippen LogP contribution in [0.25, 0.3) is 22.0 Å². The lowest BCUT2D eigenvalue weighted by atomic mass is 10.0. The molecule has 2 N–H and O–H groups in total. The number of methoxy groups -OCH3 is 1. The Morgan fingerprint density at radius 3 is 2.58 bits per heavy atom. The lowest BCUT2D eigenvalue weighted by molar-refractivity contribution is 0.0633. The van der Waals surface area contributed by atoms with Crippen LogP contribution in [-0.2, 0) is 11.3 Å². The van der Waals surface area contributed by atoms with E-state index >= 15 is 0 Å².